The third-order valence-electron chi connectivity index (χ3n) is 5.83. The van der Waals surface area contributed by atoms with Crippen molar-refractivity contribution >= 4 is 5.91 Å². The van der Waals surface area contributed by atoms with Gasteiger partial charge in [-0.15, -0.1) is 0 Å². The lowest BCUT2D eigenvalue weighted by atomic mass is 9.91. The van der Waals surface area contributed by atoms with Crippen molar-refractivity contribution in [2.45, 2.75) is 58.8 Å². The van der Waals surface area contributed by atoms with Crippen molar-refractivity contribution < 1.29 is 4.79 Å². The van der Waals surface area contributed by atoms with Gasteiger partial charge in [-0.1, -0.05) is 33.1 Å². The van der Waals surface area contributed by atoms with E-state index in [-0.39, 0.29) is 0 Å². The molecule has 2 fully saturated rings. The van der Waals surface area contributed by atoms with Gasteiger partial charge in [0.25, 0.3) is 0 Å². The topological polar surface area (TPSA) is 26.8 Å². The molecule has 2 saturated heterocycles. The Bertz CT molecular complexity index is 332. The standard InChI is InChI=1S/C19H37N3O/c1-3-20-12-10-18(11-13-20)8-6-5-7-9-19(23)22-16-14-21(4-2)15-17-22/h18H,3-17H2,1-2H3. The number of rotatable bonds is 8. The van der Waals surface area contributed by atoms with Gasteiger partial charge in [-0.05, 0) is 51.4 Å². The Morgan fingerprint density at radius 2 is 1.43 bits per heavy atom. The third-order valence-corrected chi connectivity index (χ3v) is 5.83. The van der Waals surface area contributed by atoms with Gasteiger partial charge in [0.15, 0.2) is 0 Å². The quantitative estimate of drug-likeness (QED) is 0.643. The average Bonchev–Trinajstić information content (AvgIpc) is 2.62. The number of piperazine rings is 1. The lowest BCUT2D eigenvalue weighted by Gasteiger charge is -2.34. The molecule has 2 heterocycles. The van der Waals surface area contributed by atoms with Crippen LogP contribution in [0.5, 0.6) is 0 Å². The van der Waals surface area contributed by atoms with E-state index in [1.54, 1.807) is 0 Å². The molecule has 0 aromatic heterocycles. The van der Waals surface area contributed by atoms with Crippen molar-refractivity contribution in [1.82, 2.24) is 14.7 Å². The van der Waals surface area contributed by atoms with Crippen LogP contribution in [0.1, 0.15) is 58.8 Å². The van der Waals surface area contributed by atoms with Crippen LogP contribution in [0.2, 0.25) is 0 Å². The number of carbonyl (C=O) groups excluding carboxylic acids is 1. The number of carbonyl (C=O) groups is 1. The lowest BCUT2D eigenvalue weighted by Crippen LogP contribution is -2.48. The molecule has 0 aromatic rings. The van der Waals surface area contributed by atoms with Crippen LogP contribution in [0.3, 0.4) is 0 Å². The summed E-state index contributed by atoms with van der Waals surface area (Å²) in [5, 5.41) is 0. The van der Waals surface area contributed by atoms with Gasteiger partial charge in [-0.3, -0.25) is 4.79 Å². The van der Waals surface area contributed by atoms with Gasteiger partial charge in [0, 0.05) is 32.6 Å². The van der Waals surface area contributed by atoms with Gasteiger partial charge in [-0.2, -0.15) is 0 Å². The molecule has 4 heteroatoms. The molecule has 2 rings (SSSR count). The summed E-state index contributed by atoms with van der Waals surface area (Å²) < 4.78 is 0. The third kappa shape index (κ3) is 6.42. The van der Waals surface area contributed by atoms with Crippen LogP contribution in [0, 0.1) is 5.92 Å². The molecule has 0 atom stereocenters. The van der Waals surface area contributed by atoms with Crippen LogP contribution >= 0.6 is 0 Å². The van der Waals surface area contributed by atoms with E-state index in [1.165, 1.54) is 51.7 Å². The molecule has 0 spiro atoms. The minimum atomic E-state index is 0.386. The minimum absolute atomic E-state index is 0.386. The van der Waals surface area contributed by atoms with Crippen molar-refractivity contribution in [3.05, 3.63) is 0 Å². The summed E-state index contributed by atoms with van der Waals surface area (Å²) >= 11 is 0. The Morgan fingerprint density at radius 1 is 0.826 bits per heavy atom. The average molecular weight is 324 g/mol. The molecule has 0 radical (unpaired) electrons. The maximum Gasteiger partial charge on any atom is 0.222 e. The Hall–Kier alpha value is -0.610. The molecule has 134 valence electrons. The predicted molar refractivity (Wildman–Crippen MR) is 96.6 cm³/mol. The van der Waals surface area contributed by atoms with E-state index in [4.69, 9.17) is 0 Å². The Labute approximate surface area is 143 Å². The number of hydrogen-bond acceptors (Lipinski definition) is 3. The molecular weight excluding hydrogens is 286 g/mol. The fraction of sp³-hybridized carbons (Fsp3) is 0.947. The van der Waals surface area contributed by atoms with Crippen molar-refractivity contribution in [1.29, 1.82) is 0 Å². The van der Waals surface area contributed by atoms with E-state index in [0.29, 0.717) is 5.91 Å². The highest BCUT2D eigenvalue weighted by atomic mass is 16.2. The molecule has 0 aliphatic carbocycles. The highest BCUT2D eigenvalue weighted by molar-refractivity contribution is 5.76. The van der Waals surface area contributed by atoms with Gasteiger partial charge in [0.2, 0.25) is 5.91 Å². The first-order valence-electron chi connectivity index (χ1n) is 9.95. The molecule has 2 aliphatic rings. The van der Waals surface area contributed by atoms with E-state index < -0.39 is 0 Å². The zero-order valence-electron chi connectivity index (χ0n) is 15.4. The fourth-order valence-electron chi connectivity index (χ4n) is 3.95. The van der Waals surface area contributed by atoms with Crippen molar-refractivity contribution in [3.8, 4) is 0 Å². The van der Waals surface area contributed by atoms with Gasteiger partial charge < -0.3 is 14.7 Å². The monoisotopic (exact) mass is 323 g/mol. The Morgan fingerprint density at radius 3 is 2.04 bits per heavy atom. The summed E-state index contributed by atoms with van der Waals surface area (Å²) in [6, 6.07) is 0. The van der Waals surface area contributed by atoms with Crippen molar-refractivity contribution in [3.63, 3.8) is 0 Å². The van der Waals surface area contributed by atoms with Crippen LogP contribution in [-0.4, -0.2) is 73.0 Å². The minimum Gasteiger partial charge on any atom is -0.340 e. The molecule has 0 aromatic carbocycles. The number of hydrogen-bond donors (Lipinski definition) is 0. The number of nitrogens with zero attached hydrogens (tertiary/aromatic N) is 3. The second-order valence-corrected chi connectivity index (χ2v) is 7.29. The first-order valence-corrected chi connectivity index (χ1v) is 9.95. The summed E-state index contributed by atoms with van der Waals surface area (Å²) in [7, 11) is 0. The summed E-state index contributed by atoms with van der Waals surface area (Å²) in [4.78, 5) is 19.3. The van der Waals surface area contributed by atoms with E-state index in [0.717, 1.165) is 51.5 Å². The highest BCUT2D eigenvalue weighted by Crippen LogP contribution is 2.23. The summed E-state index contributed by atoms with van der Waals surface area (Å²) in [5.74, 6) is 1.33. The Balaban J connectivity index is 1.48. The molecular formula is C19H37N3O. The molecule has 1 amide bonds. The van der Waals surface area contributed by atoms with E-state index in [9.17, 15) is 4.79 Å². The number of likely N-dealkylation sites (N-methyl/N-ethyl adjacent to an activating group) is 1. The van der Waals surface area contributed by atoms with E-state index >= 15 is 0 Å². The molecule has 0 saturated carbocycles. The number of likely N-dealkylation sites (tertiary alicyclic amines) is 1. The van der Waals surface area contributed by atoms with Crippen LogP contribution in [0.15, 0.2) is 0 Å². The molecule has 2 aliphatic heterocycles. The number of amides is 1. The summed E-state index contributed by atoms with van der Waals surface area (Å²) in [5.41, 5.74) is 0. The lowest BCUT2D eigenvalue weighted by molar-refractivity contribution is -0.133. The van der Waals surface area contributed by atoms with E-state index in [1.807, 2.05) is 0 Å². The summed E-state index contributed by atoms with van der Waals surface area (Å²) in [6.07, 6.45) is 8.53. The van der Waals surface area contributed by atoms with Crippen molar-refractivity contribution in [2.24, 2.45) is 5.92 Å². The maximum atomic E-state index is 12.2. The van der Waals surface area contributed by atoms with Gasteiger partial charge in [0.1, 0.15) is 0 Å². The summed E-state index contributed by atoms with van der Waals surface area (Å²) in [6.45, 7) is 13.3. The first-order chi connectivity index (χ1) is 11.2. The smallest absolute Gasteiger partial charge is 0.222 e. The second-order valence-electron chi connectivity index (χ2n) is 7.29. The van der Waals surface area contributed by atoms with Crippen molar-refractivity contribution in [2.75, 3.05) is 52.4 Å². The molecule has 23 heavy (non-hydrogen) atoms. The highest BCUT2D eigenvalue weighted by Gasteiger charge is 2.20. The number of piperidine rings is 1. The van der Waals surface area contributed by atoms with E-state index in [2.05, 4.69) is 28.5 Å². The van der Waals surface area contributed by atoms with Gasteiger partial charge in [0.05, 0.1) is 0 Å². The molecule has 0 N–H and O–H groups in total. The molecule has 0 bridgehead atoms. The first kappa shape index (κ1) is 18.7. The maximum absolute atomic E-state index is 12.2. The zero-order valence-corrected chi connectivity index (χ0v) is 15.4. The van der Waals surface area contributed by atoms with Gasteiger partial charge in [-0.25, -0.2) is 0 Å². The SMILES string of the molecule is CCN1CCC(CCCCCC(=O)N2CCN(CC)CC2)CC1. The largest absolute Gasteiger partial charge is 0.340 e. The molecule has 0 unspecified atom stereocenters. The fourth-order valence-corrected chi connectivity index (χ4v) is 3.95. The van der Waals surface area contributed by atoms with Crippen LogP contribution in [0.25, 0.3) is 0 Å². The van der Waals surface area contributed by atoms with Gasteiger partial charge >= 0.3 is 0 Å². The van der Waals surface area contributed by atoms with Crippen LogP contribution < -0.4 is 0 Å². The normalized spacial score (nSPS) is 21.7. The zero-order chi connectivity index (χ0) is 16.5. The predicted octanol–water partition coefficient (Wildman–Crippen LogP) is 2.83. The number of unbranched alkanes of at least 4 members (excludes halogenated alkanes) is 2. The molecule has 4 nitrogen and oxygen atoms in total. The second kappa shape index (κ2) is 10.3. The Kier molecular flexibility index (Phi) is 8.38. The van der Waals surface area contributed by atoms with Crippen LogP contribution in [0.4, 0.5) is 0 Å². The van der Waals surface area contributed by atoms with Crippen LogP contribution in [-0.2, 0) is 4.79 Å².